The summed E-state index contributed by atoms with van der Waals surface area (Å²) in [5.41, 5.74) is 5.03. The van der Waals surface area contributed by atoms with E-state index >= 15 is 0 Å². The summed E-state index contributed by atoms with van der Waals surface area (Å²) in [7, 11) is 0. The highest BCUT2D eigenvalue weighted by Gasteiger charge is 2.20. The van der Waals surface area contributed by atoms with E-state index in [1.807, 2.05) is 81.4 Å². The molecule has 0 unspecified atom stereocenters. The normalized spacial score (nSPS) is 12.9. The van der Waals surface area contributed by atoms with Crippen molar-refractivity contribution in [3.05, 3.63) is 135 Å². The number of ether oxygens (including phenoxy) is 2. The number of allylic oxidation sites excluding steroid dienone is 1. The van der Waals surface area contributed by atoms with Gasteiger partial charge in [-0.15, -0.1) is 0 Å². The number of carbonyl (C=O) groups is 2. The number of amides is 2. The molecule has 9 nitrogen and oxygen atoms in total. The van der Waals surface area contributed by atoms with Gasteiger partial charge in [-0.1, -0.05) is 42.5 Å². The first-order valence-corrected chi connectivity index (χ1v) is 15.0. The summed E-state index contributed by atoms with van der Waals surface area (Å²) in [5, 5.41) is 5.85. The maximum Gasteiger partial charge on any atom is 0.412 e. The minimum Gasteiger partial charge on any atom is -0.493 e. The lowest BCUT2D eigenvalue weighted by Gasteiger charge is -2.22. The van der Waals surface area contributed by atoms with Crippen LogP contribution in [0.3, 0.4) is 0 Å². The zero-order chi connectivity index (χ0) is 31.8. The molecule has 0 bridgehead atoms. The number of carbonyl (C=O) groups excluding carboxylic acids is 2. The number of hydrogen-bond donors (Lipinski definition) is 2. The summed E-state index contributed by atoms with van der Waals surface area (Å²) in [6.07, 6.45) is 8.71. The number of alkyl carbamates (subject to hydrolysis) is 1. The van der Waals surface area contributed by atoms with Crippen LogP contribution in [0.2, 0.25) is 0 Å². The molecule has 2 N–H and O–H groups in total. The largest absolute Gasteiger partial charge is 0.493 e. The molecule has 3 heterocycles. The topological polar surface area (TPSA) is 112 Å². The van der Waals surface area contributed by atoms with Crippen molar-refractivity contribution in [1.29, 1.82) is 0 Å². The number of aromatic nitrogens is 2. The molecule has 0 atom stereocenters. The molecule has 1 aliphatic heterocycles. The first kappa shape index (κ1) is 31.3. The van der Waals surface area contributed by atoms with E-state index in [0.717, 1.165) is 40.7 Å². The van der Waals surface area contributed by atoms with Gasteiger partial charge in [0.15, 0.2) is 0 Å². The first-order chi connectivity index (χ1) is 21.6. The summed E-state index contributed by atoms with van der Waals surface area (Å²) in [6.45, 7) is 6.81. The van der Waals surface area contributed by atoms with E-state index in [0.29, 0.717) is 36.6 Å². The molecule has 0 fully saturated rings. The number of pyridine rings is 2. The number of rotatable bonds is 8. The van der Waals surface area contributed by atoms with Crippen LogP contribution in [-0.4, -0.2) is 33.8 Å². The second-order valence-electron chi connectivity index (χ2n) is 12.0. The third kappa shape index (κ3) is 8.92. The number of fused-ring (bicyclic) bond motifs is 1. The summed E-state index contributed by atoms with van der Waals surface area (Å²) in [6, 6.07) is 20.7. The average Bonchev–Trinajstić information content (AvgIpc) is 2.99. The van der Waals surface area contributed by atoms with Crippen molar-refractivity contribution >= 4 is 17.7 Å². The van der Waals surface area contributed by atoms with Crippen LogP contribution >= 0.6 is 0 Å². The Labute approximate surface area is 262 Å². The molecule has 0 saturated heterocycles. The van der Waals surface area contributed by atoms with E-state index in [4.69, 9.17) is 9.47 Å². The van der Waals surface area contributed by atoms with Gasteiger partial charge in [0.1, 0.15) is 11.4 Å². The minimum atomic E-state index is -0.625. The predicted octanol–water partition coefficient (Wildman–Crippen LogP) is 5.85. The van der Waals surface area contributed by atoms with E-state index in [1.54, 1.807) is 35.3 Å². The second kappa shape index (κ2) is 14.1. The van der Waals surface area contributed by atoms with E-state index in [-0.39, 0.29) is 18.0 Å². The van der Waals surface area contributed by atoms with E-state index in [1.165, 1.54) is 0 Å². The second-order valence-corrected chi connectivity index (χ2v) is 12.0. The van der Waals surface area contributed by atoms with Crippen molar-refractivity contribution in [1.82, 2.24) is 20.2 Å². The van der Waals surface area contributed by atoms with Crippen LogP contribution in [0.1, 0.15) is 71.8 Å². The summed E-state index contributed by atoms with van der Waals surface area (Å²) < 4.78 is 13.1. The van der Waals surface area contributed by atoms with Crippen LogP contribution in [0, 0.1) is 0 Å². The predicted molar refractivity (Wildman–Crippen MR) is 173 cm³/mol. The SMILES string of the molecule is CC(C)(C)OC(=O)NC1=CCCCOc2ccc(CNC(=O)c3cncc(Cc4ccc(Cn5ccccc5=O)cc4)c3)cc21. The Morgan fingerprint density at radius 3 is 2.51 bits per heavy atom. The van der Waals surface area contributed by atoms with Gasteiger partial charge in [-0.2, -0.15) is 0 Å². The Bertz CT molecular complexity index is 1750. The zero-order valence-electron chi connectivity index (χ0n) is 25.8. The van der Waals surface area contributed by atoms with E-state index in [9.17, 15) is 14.4 Å². The Kier molecular flexibility index (Phi) is 9.77. The Hall–Kier alpha value is -5.18. The molecule has 0 spiro atoms. The highest BCUT2D eigenvalue weighted by atomic mass is 16.6. The van der Waals surface area contributed by atoms with Gasteiger partial charge in [-0.05, 0) is 86.6 Å². The Morgan fingerprint density at radius 1 is 0.956 bits per heavy atom. The number of nitrogens with zero attached hydrogens (tertiary/aromatic N) is 2. The lowest BCUT2D eigenvalue weighted by atomic mass is 10.0. The van der Waals surface area contributed by atoms with Crippen LogP contribution in [-0.2, 0) is 24.2 Å². The quantitative estimate of drug-likeness (QED) is 0.260. The zero-order valence-corrected chi connectivity index (χ0v) is 25.8. The monoisotopic (exact) mass is 606 g/mol. The van der Waals surface area contributed by atoms with Crippen LogP contribution in [0.5, 0.6) is 5.75 Å². The minimum absolute atomic E-state index is 0.0361. The van der Waals surface area contributed by atoms with Crippen LogP contribution < -0.4 is 20.9 Å². The lowest BCUT2D eigenvalue weighted by Crippen LogP contribution is -2.32. The van der Waals surface area contributed by atoms with E-state index < -0.39 is 11.7 Å². The maximum atomic E-state index is 13.1. The molecular formula is C36H38N4O5. The van der Waals surface area contributed by atoms with Gasteiger partial charge in [0.05, 0.1) is 24.4 Å². The standard InChI is InChI=1S/C36H38N4O5/c1-36(2,3)45-35(43)39-31-8-5-7-17-44-32-15-14-27(20-30(31)32)22-38-34(42)29-19-28(21-37-23-29)18-25-10-12-26(13-11-25)24-40-16-6-4-9-33(40)41/h4,6,8-16,19-21,23H,5,7,17-18,22,24H2,1-3H3,(H,38,42)(H,39,43). The van der Waals surface area contributed by atoms with Gasteiger partial charge in [-0.3, -0.25) is 19.9 Å². The van der Waals surface area contributed by atoms with Gasteiger partial charge in [0, 0.05) is 36.8 Å². The molecule has 0 saturated carbocycles. The fraction of sp³-hybridized carbons (Fsp3) is 0.278. The molecule has 2 aromatic heterocycles. The van der Waals surface area contributed by atoms with Crippen molar-refractivity contribution in [3.8, 4) is 5.75 Å². The van der Waals surface area contributed by atoms with Gasteiger partial charge in [0.2, 0.25) is 0 Å². The van der Waals surface area contributed by atoms with Crippen LogP contribution in [0.25, 0.3) is 5.70 Å². The van der Waals surface area contributed by atoms with Gasteiger partial charge >= 0.3 is 6.09 Å². The van der Waals surface area contributed by atoms with Crippen LogP contribution in [0.15, 0.2) is 96.2 Å². The average molecular weight is 607 g/mol. The van der Waals surface area contributed by atoms with Crippen molar-refractivity contribution in [3.63, 3.8) is 0 Å². The van der Waals surface area contributed by atoms with E-state index in [2.05, 4.69) is 15.6 Å². The molecule has 2 amide bonds. The number of hydrogen-bond acceptors (Lipinski definition) is 6. The molecule has 1 aliphatic rings. The van der Waals surface area contributed by atoms with Crippen molar-refractivity contribution in [2.75, 3.05) is 6.61 Å². The Balaban J connectivity index is 1.22. The fourth-order valence-electron chi connectivity index (χ4n) is 4.96. The molecule has 45 heavy (non-hydrogen) atoms. The first-order valence-electron chi connectivity index (χ1n) is 15.0. The highest BCUT2D eigenvalue weighted by Crippen LogP contribution is 2.29. The molecule has 5 rings (SSSR count). The van der Waals surface area contributed by atoms with Crippen molar-refractivity contribution in [2.45, 2.75) is 58.7 Å². The molecule has 9 heteroatoms. The number of benzene rings is 2. The highest BCUT2D eigenvalue weighted by molar-refractivity contribution is 5.94. The third-order valence-electron chi connectivity index (χ3n) is 7.12. The summed E-state index contributed by atoms with van der Waals surface area (Å²) >= 11 is 0. The summed E-state index contributed by atoms with van der Waals surface area (Å²) in [5.74, 6) is 0.421. The summed E-state index contributed by atoms with van der Waals surface area (Å²) in [4.78, 5) is 42.0. The molecule has 0 radical (unpaired) electrons. The maximum absolute atomic E-state index is 13.1. The molecule has 0 aliphatic carbocycles. The van der Waals surface area contributed by atoms with Gasteiger partial charge in [-0.25, -0.2) is 4.79 Å². The molecule has 232 valence electrons. The van der Waals surface area contributed by atoms with Crippen molar-refractivity contribution < 1.29 is 19.1 Å². The molecule has 2 aromatic carbocycles. The molecular weight excluding hydrogens is 568 g/mol. The van der Waals surface area contributed by atoms with Gasteiger partial charge in [0.25, 0.3) is 11.5 Å². The third-order valence-corrected chi connectivity index (χ3v) is 7.12. The van der Waals surface area contributed by atoms with Gasteiger partial charge < -0.3 is 19.4 Å². The Morgan fingerprint density at radius 2 is 1.73 bits per heavy atom. The lowest BCUT2D eigenvalue weighted by molar-refractivity contribution is 0.0557. The number of nitrogens with one attached hydrogen (secondary N) is 2. The fourth-order valence-corrected chi connectivity index (χ4v) is 4.96. The molecule has 4 aromatic rings. The smallest absolute Gasteiger partial charge is 0.412 e. The van der Waals surface area contributed by atoms with Crippen molar-refractivity contribution in [2.24, 2.45) is 0 Å². The van der Waals surface area contributed by atoms with Crippen LogP contribution in [0.4, 0.5) is 4.79 Å².